The Morgan fingerprint density at radius 1 is 1.35 bits per heavy atom. The summed E-state index contributed by atoms with van der Waals surface area (Å²) in [5.74, 6) is -0.572. The number of anilines is 1. The Hall–Kier alpha value is -2.83. The van der Waals surface area contributed by atoms with Crippen LogP contribution in [0.25, 0.3) is 0 Å². The van der Waals surface area contributed by atoms with Crippen LogP contribution >= 0.6 is 0 Å². The summed E-state index contributed by atoms with van der Waals surface area (Å²) in [6.07, 6.45) is 0. The molecule has 0 radical (unpaired) electrons. The van der Waals surface area contributed by atoms with Crippen LogP contribution < -0.4 is 5.32 Å². The molecule has 0 saturated heterocycles. The third-order valence-electron chi connectivity index (χ3n) is 3.07. The SMILES string of the molecule is Cc1c(O)cccc1NC(=O)c1ccc([N+](=O)[O-])n1C. The quantitative estimate of drug-likeness (QED) is 0.662. The Bertz CT molecular complexity index is 691. The van der Waals surface area contributed by atoms with Crippen LogP contribution in [-0.4, -0.2) is 20.5 Å². The van der Waals surface area contributed by atoms with Gasteiger partial charge in [0.2, 0.25) is 0 Å². The van der Waals surface area contributed by atoms with Crippen molar-refractivity contribution in [3.05, 3.63) is 51.7 Å². The number of hydrogen-bond donors (Lipinski definition) is 2. The average molecular weight is 275 g/mol. The summed E-state index contributed by atoms with van der Waals surface area (Å²) in [6, 6.07) is 7.41. The highest BCUT2D eigenvalue weighted by atomic mass is 16.6. The van der Waals surface area contributed by atoms with Gasteiger partial charge < -0.3 is 20.5 Å². The van der Waals surface area contributed by atoms with E-state index in [1.165, 1.54) is 29.8 Å². The van der Waals surface area contributed by atoms with Crippen molar-refractivity contribution >= 4 is 17.4 Å². The van der Waals surface area contributed by atoms with Gasteiger partial charge in [-0.1, -0.05) is 6.07 Å². The van der Waals surface area contributed by atoms with Gasteiger partial charge >= 0.3 is 5.82 Å². The first-order valence-corrected chi connectivity index (χ1v) is 5.82. The van der Waals surface area contributed by atoms with Crippen molar-refractivity contribution in [2.75, 3.05) is 5.32 Å². The Kier molecular flexibility index (Phi) is 3.43. The number of carbonyl (C=O) groups excluding carboxylic acids is 1. The summed E-state index contributed by atoms with van der Waals surface area (Å²) in [5.41, 5.74) is 1.16. The number of aromatic nitrogens is 1. The van der Waals surface area contributed by atoms with E-state index in [0.717, 1.165) is 0 Å². The fraction of sp³-hybridized carbons (Fsp3) is 0.154. The second-order valence-corrected chi connectivity index (χ2v) is 4.30. The van der Waals surface area contributed by atoms with Crippen LogP contribution in [0.3, 0.4) is 0 Å². The minimum Gasteiger partial charge on any atom is -0.508 e. The van der Waals surface area contributed by atoms with E-state index in [-0.39, 0.29) is 17.3 Å². The number of nitro groups is 1. The normalized spacial score (nSPS) is 10.3. The van der Waals surface area contributed by atoms with E-state index in [2.05, 4.69) is 5.32 Å². The first kappa shape index (κ1) is 13.6. The topological polar surface area (TPSA) is 97.4 Å². The third-order valence-corrected chi connectivity index (χ3v) is 3.07. The van der Waals surface area contributed by atoms with Crippen LogP contribution in [0.1, 0.15) is 16.1 Å². The van der Waals surface area contributed by atoms with Gasteiger partial charge in [-0.05, 0) is 30.0 Å². The van der Waals surface area contributed by atoms with E-state index in [4.69, 9.17) is 0 Å². The molecular weight excluding hydrogens is 262 g/mol. The lowest BCUT2D eigenvalue weighted by atomic mass is 10.2. The number of phenolic OH excluding ortho intramolecular Hbond substituents is 1. The van der Waals surface area contributed by atoms with Gasteiger partial charge in [0.15, 0.2) is 5.69 Å². The van der Waals surface area contributed by atoms with Gasteiger partial charge in [-0.2, -0.15) is 0 Å². The molecule has 0 aliphatic heterocycles. The fourth-order valence-electron chi connectivity index (χ4n) is 1.86. The maximum atomic E-state index is 12.1. The second kappa shape index (κ2) is 5.04. The highest BCUT2D eigenvalue weighted by Gasteiger charge is 2.21. The fourth-order valence-corrected chi connectivity index (χ4v) is 1.86. The number of rotatable bonds is 3. The van der Waals surface area contributed by atoms with Gasteiger partial charge in [-0.25, -0.2) is 4.57 Å². The molecule has 0 spiro atoms. The molecule has 0 fully saturated rings. The number of carbonyl (C=O) groups is 1. The van der Waals surface area contributed by atoms with Crippen molar-refractivity contribution in [3.8, 4) is 5.75 Å². The molecule has 0 bridgehead atoms. The average Bonchev–Trinajstić information content (AvgIpc) is 2.77. The zero-order valence-corrected chi connectivity index (χ0v) is 11.0. The smallest absolute Gasteiger partial charge is 0.323 e. The molecule has 0 aliphatic carbocycles. The standard InChI is InChI=1S/C13H13N3O4/c1-8-9(4-3-5-11(8)17)14-13(18)10-6-7-12(15(10)2)16(19)20/h3-7,17H,1-2H3,(H,14,18). The summed E-state index contributed by atoms with van der Waals surface area (Å²) < 4.78 is 1.20. The van der Waals surface area contributed by atoms with Crippen molar-refractivity contribution in [2.24, 2.45) is 7.05 Å². The first-order chi connectivity index (χ1) is 9.41. The molecule has 0 atom stereocenters. The van der Waals surface area contributed by atoms with E-state index in [9.17, 15) is 20.0 Å². The molecule has 0 aliphatic rings. The van der Waals surface area contributed by atoms with Crippen molar-refractivity contribution < 1.29 is 14.8 Å². The van der Waals surface area contributed by atoms with Crippen molar-refractivity contribution in [2.45, 2.75) is 6.92 Å². The van der Waals surface area contributed by atoms with Crippen LogP contribution in [0.5, 0.6) is 5.75 Å². The van der Waals surface area contributed by atoms with E-state index in [1.807, 2.05) is 0 Å². The van der Waals surface area contributed by atoms with Crippen LogP contribution in [0.4, 0.5) is 11.5 Å². The van der Waals surface area contributed by atoms with Crippen LogP contribution in [0.2, 0.25) is 0 Å². The maximum absolute atomic E-state index is 12.1. The molecule has 2 aromatic rings. The molecule has 1 aromatic heterocycles. The summed E-state index contributed by atoms with van der Waals surface area (Å²) in [5, 5.41) is 22.9. The highest BCUT2D eigenvalue weighted by molar-refractivity contribution is 6.04. The number of nitrogens with zero attached hydrogens (tertiary/aromatic N) is 2. The van der Waals surface area contributed by atoms with Gasteiger partial charge in [0.25, 0.3) is 5.91 Å². The Labute approximate surface area is 114 Å². The van der Waals surface area contributed by atoms with Crippen molar-refractivity contribution in [1.29, 1.82) is 0 Å². The molecule has 104 valence electrons. The van der Waals surface area contributed by atoms with Gasteiger partial charge in [0.05, 0.1) is 7.05 Å². The second-order valence-electron chi connectivity index (χ2n) is 4.30. The number of benzene rings is 1. The maximum Gasteiger partial charge on any atom is 0.323 e. The lowest BCUT2D eigenvalue weighted by Crippen LogP contribution is -2.16. The first-order valence-electron chi connectivity index (χ1n) is 5.82. The van der Waals surface area contributed by atoms with Crippen LogP contribution in [-0.2, 0) is 7.05 Å². The molecule has 7 nitrogen and oxygen atoms in total. The molecular formula is C13H13N3O4. The van der Waals surface area contributed by atoms with E-state index < -0.39 is 10.8 Å². The highest BCUT2D eigenvalue weighted by Crippen LogP contribution is 2.25. The van der Waals surface area contributed by atoms with E-state index in [0.29, 0.717) is 11.3 Å². The number of hydrogen-bond acceptors (Lipinski definition) is 4. The van der Waals surface area contributed by atoms with Gasteiger partial charge in [0, 0.05) is 17.3 Å². The molecule has 1 aromatic carbocycles. The predicted molar refractivity (Wildman–Crippen MR) is 72.9 cm³/mol. The zero-order chi connectivity index (χ0) is 14.9. The molecule has 0 unspecified atom stereocenters. The largest absolute Gasteiger partial charge is 0.508 e. The minimum atomic E-state index is -0.559. The molecule has 2 rings (SSSR count). The van der Waals surface area contributed by atoms with Crippen LogP contribution in [0, 0.1) is 17.0 Å². The minimum absolute atomic E-state index is 0.0701. The molecule has 1 amide bonds. The van der Waals surface area contributed by atoms with E-state index in [1.54, 1.807) is 19.1 Å². The molecule has 20 heavy (non-hydrogen) atoms. The van der Waals surface area contributed by atoms with Crippen molar-refractivity contribution in [3.63, 3.8) is 0 Å². The van der Waals surface area contributed by atoms with Crippen molar-refractivity contribution in [1.82, 2.24) is 4.57 Å². The number of nitrogens with one attached hydrogen (secondary N) is 1. The molecule has 7 heteroatoms. The van der Waals surface area contributed by atoms with Crippen LogP contribution in [0.15, 0.2) is 30.3 Å². The number of aromatic hydroxyl groups is 1. The molecule has 2 N–H and O–H groups in total. The van der Waals surface area contributed by atoms with Gasteiger partial charge in [-0.3, -0.25) is 4.79 Å². The van der Waals surface area contributed by atoms with Gasteiger partial charge in [-0.15, -0.1) is 0 Å². The number of phenols is 1. The summed E-state index contributed by atoms with van der Waals surface area (Å²) >= 11 is 0. The molecule has 1 heterocycles. The monoisotopic (exact) mass is 275 g/mol. The lowest BCUT2D eigenvalue weighted by Gasteiger charge is -2.08. The summed E-state index contributed by atoms with van der Waals surface area (Å²) in [6.45, 7) is 1.67. The Morgan fingerprint density at radius 3 is 2.65 bits per heavy atom. The third kappa shape index (κ3) is 2.33. The Morgan fingerprint density at radius 2 is 2.05 bits per heavy atom. The molecule has 0 saturated carbocycles. The number of amides is 1. The zero-order valence-electron chi connectivity index (χ0n) is 11.0. The Balaban J connectivity index is 2.29. The van der Waals surface area contributed by atoms with Gasteiger partial charge in [0.1, 0.15) is 5.75 Å². The summed E-state index contributed by atoms with van der Waals surface area (Å²) in [4.78, 5) is 22.3. The summed E-state index contributed by atoms with van der Waals surface area (Å²) in [7, 11) is 1.45. The predicted octanol–water partition coefficient (Wildman–Crippen LogP) is 2.20. The van der Waals surface area contributed by atoms with E-state index >= 15 is 0 Å². The lowest BCUT2D eigenvalue weighted by molar-refractivity contribution is -0.391.